The minimum Gasteiger partial charge on any atom is -0.310 e. The molecule has 3 heterocycles. The fourth-order valence-corrected chi connectivity index (χ4v) is 11.1. The molecule has 11 aromatic rings. The monoisotopic (exact) mass is 799 g/mol. The highest BCUT2D eigenvalue weighted by molar-refractivity contribution is 7.26. The third-order valence-corrected chi connectivity index (χ3v) is 14.0. The summed E-state index contributed by atoms with van der Waals surface area (Å²) in [5.41, 5.74) is 15.4. The van der Waals surface area contributed by atoms with Crippen molar-refractivity contribution < 1.29 is 0 Å². The minimum atomic E-state index is -0.130. The molecule has 0 fully saturated rings. The molecule has 0 saturated heterocycles. The number of anilines is 6. The summed E-state index contributed by atoms with van der Waals surface area (Å²) in [6.07, 6.45) is 0. The highest BCUT2D eigenvalue weighted by atomic mass is 32.1. The molecule has 0 atom stereocenters. The van der Waals surface area contributed by atoms with Crippen LogP contribution < -0.4 is 9.80 Å². The first-order chi connectivity index (χ1) is 30.0. The lowest BCUT2D eigenvalue weighted by molar-refractivity contribution is 0.632. The lowest BCUT2D eigenvalue weighted by atomic mass is 9.73. The summed E-state index contributed by atoms with van der Waals surface area (Å²) in [4.78, 5) is 4.87. The lowest BCUT2D eigenvalue weighted by Gasteiger charge is -2.42. The van der Waals surface area contributed by atoms with Crippen LogP contribution in [0.1, 0.15) is 25.0 Å². The number of benzene rings is 9. The van der Waals surface area contributed by atoms with E-state index in [9.17, 15) is 0 Å². The molecule has 9 aromatic carbocycles. The molecular formula is C57H41N3S. The van der Waals surface area contributed by atoms with E-state index in [0.717, 1.165) is 22.7 Å². The second kappa shape index (κ2) is 13.8. The van der Waals surface area contributed by atoms with Crippen LogP contribution in [-0.4, -0.2) is 4.57 Å². The Kier molecular flexibility index (Phi) is 8.06. The predicted octanol–water partition coefficient (Wildman–Crippen LogP) is 16.4. The van der Waals surface area contributed by atoms with Crippen LogP contribution in [0.3, 0.4) is 0 Å². The standard InChI is InChI=1S/C57H41N3S/c1-57(2)49-23-11-14-26-52(49)60(53-27-15-12-24-50(53)57)43-35-47(56-48(36-43)46-22-10-16-28-55(46)61-56)38-29-31-41(32-30-38)58(39-17-5-3-6-18-39)42-33-34-45-44-21-9-13-25-51(44)59(54(45)37-42)40-19-7-4-8-20-40/h3-37H,1-2H3. The predicted molar refractivity (Wildman–Crippen MR) is 261 cm³/mol. The zero-order valence-electron chi connectivity index (χ0n) is 34.0. The van der Waals surface area contributed by atoms with Gasteiger partial charge in [0.2, 0.25) is 0 Å². The second-order valence-corrected chi connectivity index (χ2v) is 17.6. The van der Waals surface area contributed by atoms with E-state index in [1.807, 2.05) is 11.3 Å². The molecule has 12 rings (SSSR count). The maximum atomic E-state index is 2.49. The van der Waals surface area contributed by atoms with Crippen molar-refractivity contribution in [3.8, 4) is 16.8 Å². The van der Waals surface area contributed by atoms with Gasteiger partial charge in [-0.25, -0.2) is 0 Å². The Hall–Kier alpha value is -7.40. The fraction of sp³-hybridized carbons (Fsp3) is 0.0526. The topological polar surface area (TPSA) is 11.4 Å². The Bertz CT molecular complexity index is 3400. The second-order valence-electron chi connectivity index (χ2n) is 16.6. The van der Waals surface area contributed by atoms with Crippen molar-refractivity contribution in [1.29, 1.82) is 0 Å². The van der Waals surface area contributed by atoms with E-state index in [0.29, 0.717) is 0 Å². The highest BCUT2D eigenvalue weighted by Gasteiger charge is 2.36. The maximum Gasteiger partial charge on any atom is 0.0561 e. The summed E-state index contributed by atoms with van der Waals surface area (Å²) in [7, 11) is 0. The Morgan fingerprint density at radius 1 is 0.426 bits per heavy atom. The van der Waals surface area contributed by atoms with Gasteiger partial charge in [-0.05, 0) is 102 Å². The summed E-state index contributed by atoms with van der Waals surface area (Å²) in [5.74, 6) is 0. The van der Waals surface area contributed by atoms with Gasteiger partial charge in [-0.1, -0.05) is 141 Å². The van der Waals surface area contributed by atoms with Gasteiger partial charge < -0.3 is 14.4 Å². The molecule has 0 amide bonds. The van der Waals surface area contributed by atoms with Gasteiger partial charge in [-0.15, -0.1) is 11.3 Å². The van der Waals surface area contributed by atoms with Gasteiger partial charge in [0.25, 0.3) is 0 Å². The first kappa shape index (κ1) is 35.5. The molecule has 4 heteroatoms. The van der Waals surface area contributed by atoms with E-state index in [2.05, 4.69) is 241 Å². The molecule has 0 radical (unpaired) electrons. The van der Waals surface area contributed by atoms with E-state index < -0.39 is 0 Å². The number of rotatable bonds is 6. The van der Waals surface area contributed by atoms with Gasteiger partial charge in [0.1, 0.15) is 0 Å². The Balaban J connectivity index is 1.03. The van der Waals surface area contributed by atoms with Crippen LogP contribution in [0.5, 0.6) is 0 Å². The zero-order chi connectivity index (χ0) is 40.7. The van der Waals surface area contributed by atoms with E-state index in [-0.39, 0.29) is 5.41 Å². The third-order valence-electron chi connectivity index (χ3n) is 12.7. The van der Waals surface area contributed by atoms with Gasteiger partial charge in [0.15, 0.2) is 0 Å². The normalized spacial score (nSPS) is 13.2. The number of para-hydroxylation sites is 5. The summed E-state index contributed by atoms with van der Waals surface area (Å²) < 4.78 is 4.99. The van der Waals surface area contributed by atoms with Crippen molar-refractivity contribution >= 4 is 87.4 Å². The van der Waals surface area contributed by atoms with Gasteiger partial charge in [0, 0.05) is 70.4 Å². The van der Waals surface area contributed by atoms with Crippen LogP contribution in [0.25, 0.3) is 58.8 Å². The number of hydrogen-bond donors (Lipinski definition) is 0. The fourth-order valence-electron chi connectivity index (χ4n) is 9.87. The first-order valence-electron chi connectivity index (χ1n) is 21.0. The van der Waals surface area contributed by atoms with Crippen LogP contribution in [0.2, 0.25) is 0 Å². The smallest absolute Gasteiger partial charge is 0.0561 e. The van der Waals surface area contributed by atoms with Crippen LogP contribution in [0, 0.1) is 0 Å². The van der Waals surface area contributed by atoms with Crippen molar-refractivity contribution in [1.82, 2.24) is 4.57 Å². The minimum absolute atomic E-state index is 0.130. The molecular weight excluding hydrogens is 759 g/mol. The third kappa shape index (κ3) is 5.56. The van der Waals surface area contributed by atoms with Crippen LogP contribution >= 0.6 is 11.3 Å². The molecule has 0 saturated carbocycles. The number of aromatic nitrogens is 1. The van der Waals surface area contributed by atoms with Crippen molar-refractivity contribution in [3.63, 3.8) is 0 Å². The van der Waals surface area contributed by atoms with E-state index in [1.54, 1.807) is 0 Å². The van der Waals surface area contributed by atoms with Gasteiger partial charge in [-0.2, -0.15) is 0 Å². The number of thiophene rings is 1. The van der Waals surface area contributed by atoms with Gasteiger partial charge >= 0.3 is 0 Å². The number of nitrogens with zero attached hydrogens (tertiary/aromatic N) is 3. The van der Waals surface area contributed by atoms with Crippen molar-refractivity contribution in [2.45, 2.75) is 19.3 Å². The average molecular weight is 800 g/mol. The largest absolute Gasteiger partial charge is 0.310 e. The van der Waals surface area contributed by atoms with E-state index in [1.165, 1.54) is 81.3 Å². The van der Waals surface area contributed by atoms with Crippen molar-refractivity contribution in [3.05, 3.63) is 223 Å². The average Bonchev–Trinajstić information content (AvgIpc) is 3.86. The number of hydrogen-bond acceptors (Lipinski definition) is 3. The molecule has 0 spiro atoms. The Labute approximate surface area is 359 Å². The molecule has 1 aliphatic heterocycles. The maximum absolute atomic E-state index is 2.49. The molecule has 1 aliphatic rings. The van der Waals surface area contributed by atoms with Gasteiger partial charge in [-0.3, -0.25) is 0 Å². The highest BCUT2D eigenvalue weighted by Crippen LogP contribution is 2.53. The summed E-state index contributed by atoms with van der Waals surface area (Å²) in [6, 6.07) is 77.8. The van der Waals surface area contributed by atoms with E-state index >= 15 is 0 Å². The van der Waals surface area contributed by atoms with Crippen LogP contribution in [0.4, 0.5) is 34.1 Å². The van der Waals surface area contributed by atoms with Crippen LogP contribution in [-0.2, 0) is 5.41 Å². The van der Waals surface area contributed by atoms with Crippen molar-refractivity contribution in [2.24, 2.45) is 0 Å². The molecule has 3 nitrogen and oxygen atoms in total. The SMILES string of the molecule is CC1(C)c2ccccc2N(c2cc(-c3ccc(N(c4ccccc4)c4ccc5c6ccccc6n(-c6ccccc6)c5c4)cc3)c3sc4ccccc4c3c2)c2ccccc21. The molecule has 290 valence electrons. The molecule has 0 N–H and O–H groups in total. The lowest BCUT2D eigenvalue weighted by Crippen LogP contribution is -2.30. The first-order valence-corrected chi connectivity index (χ1v) is 21.8. The van der Waals surface area contributed by atoms with Crippen LogP contribution in [0.15, 0.2) is 212 Å². The Morgan fingerprint density at radius 3 is 1.74 bits per heavy atom. The molecule has 0 bridgehead atoms. The van der Waals surface area contributed by atoms with Gasteiger partial charge in [0.05, 0.1) is 22.4 Å². The summed E-state index contributed by atoms with van der Waals surface area (Å²) >= 11 is 1.88. The quantitative estimate of drug-likeness (QED) is 0.166. The molecule has 2 aromatic heterocycles. The Morgan fingerprint density at radius 2 is 1.00 bits per heavy atom. The summed E-state index contributed by atoms with van der Waals surface area (Å²) in [5, 5.41) is 5.06. The molecule has 0 aliphatic carbocycles. The van der Waals surface area contributed by atoms with E-state index in [4.69, 9.17) is 0 Å². The summed E-state index contributed by atoms with van der Waals surface area (Å²) in [6.45, 7) is 4.70. The van der Waals surface area contributed by atoms with Crippen molar-refractivity contribution in [2.75, 3.05) is 9.80 Å². The number of fused-ring (bicyclic) bond motifs is 8. The molecule has 61 heavy (non-hydrogen) atoms. The zero-order valence-corrected chi connectivity index (χ0v) is 34.8. The molecule has 0 unspecified atom stereocenters.